The van der Waals surface area contributed by atoms with Crippen molar-refractivity contribution in [2.45, 2.75) is 19.9 Å². The van der Waals surface area contributed by atoms with Crippen LogP contribution in [-0.2, 0) is 0 Å². The number of nitrogens with zero attached hydrogens (tertiary/aromatic N) is 3. The molecule has 1 rings (SSSR count). The first-order valence-corrected chi connectivity index (χ1v) is 6.56. The normalized spacial score (nSPS) is 11.2. The van der Waals surface area contributed by atoms with Crippen molar-refractivity contribution in [2.24, 2.45) is 10.7 Å². The van der Waals surface area contributed by atoms with Crippen LogP contribution in [0.15, 0.2) is 4.99 Å². The second kappa shape index (κ2) is 7.41. The predicted molar refractivity (Wildman–Crippen MR) is 83.8 cm³/mol. The molecule has 0 aromatic carbocycles. The molecular formula is C11H17ClN8O2. The first-order valence-electron chi connectivity index (χ1n) is 6.18. The number of amides is 3. The second-order valence-corrected chi connectivity index (χ2v) is 4.77. The Balaban J connectivity index is 2.99. The second-order valence-electron chi connectivity index (χ2n) is 4.41. The van der Waals surface area contributed by atoms with E-state index >= 15 is 0 Å². The van der Waals surface area contributed by atoms with Gasteiger partial charge in [-0.15, -0.1) is 0 Å². The highest BCUT2D eigenvalue weighted by molar-refractivity contribution is 6.32. The van der Waals surface area contributed by atoms with Crippen LogP contribution >= 0.6 is 11.6 Å². The number of nitrogens with two attached hydrogens (primary N) is 2. The number of carbonyl (C=O) groups excluding carboxylic acids is 2. The molecule has 1 heterocycles. The summed E-state index contributed by atoms with van der Waals surface area (Å²) in [6.07, 6.45) is 0. The van der Waals surface area contributed by atoms with Gasteiger partial charge in [0.1, 0.15) is 0 Å². The molecule has 1 aromatic rings. The standard InChI is InChI=1S/C11H17ClN8O2/c1-4(2)16-8-6(12)17-5(7(13)18-8)9(21)19-11(15-3)20-10(14)22/h4H,1-3H3,(H3,13,16,18)(H4,14,15,19,20,21,22). The molecule has 120 valence electrons. The van der Waals surface area contributed by atoms with Crippen molar-refractivity contribution in [1.82, 2.24) is 20.6 Å². The number of anilines is 2. The van der Waals surface area contributed by atoms with Crippen LogP contribution in [0.4, 0.5) is 16.4 Å². The number of halogens is 1. The third-order valence-electron chi connectivity index (χ3n) is 2.22. The van der Waals surface area contributed by atoms with E-state index in [-0.39, 0.29) is 34.5 Å². The van der Waals surface area contributed by atoms with E-state index in [1.165, 1.54) is 7.05 Å². The predicted octanol–water partition coefficient (Wildman–Crippen LogP) is -0.0836. The van der Waals surface area contributed by atoms with E-state index in [0.717, 1.165) is 0 Å². The van der Waals surface area contributed by atoms with E-state index in [9.17, 15) is 9.59 Å². The Bertz CT molecular complexity index is 616. The average molecular weight is 329 g/mol. The lowest BCUT2D eigenvalue weighted by Gasteiger charge is -2.13. The molecule has 22 heavy (non-hydrogen) atoms. The van der Waals surface area contributed by atoms with Crippen LogP contribution in [0.5, 0.6) is 0 Å². The minimum atomic E-state index is -0.880. The molecule has 0 unspecified atom stereocenters. The summed E-state index contributed by atoms with van der Waals surface area (Å²) in [6, 6.07) is -0.820. The lowest BCUT2D eigenvalue weighted by Crippen LogP contribution is -2.46. The molecule has 10 nitrogen and oxygen atoms in total. The van der Waals surface area contributed by atoms with Crippen LogP contribution in [0.3, 0.4) is 0 Å². The lowest BCUT2D eigenvalue weighted by molar-refractivity contribution is 0.0972. The zero-order valence-electron chi connectivity index (χ0n) is 12.3. The zero-order chi connectivity index (χ0) is 16.9. The molecule has 0 atom stereocenters. The first kappa shape index (κ1) is 17.4. The van der Waals surface area contributed by atoms with Crippen LogP contribution in [0.25, 0.3) is 0 Å². The molecule has 0 radical (unpaired) electrons. The Labute approximate surface area is 131 Å². The molecule has 0 saturated heterocycles. The zero-order valence-corrected chi connectivity index (χ0v) is 13.0. The van der Waals surface area contributed by atoms with Crippen LogP contribution in [-0.4, -0.2) is 41.0 Å². The number of rotatable bonds is 3. The quantitative estimate of drug-likeness (QED) is 0.385. The van der Waals surface area contributed by atoms with Crippen molar-refractivity contribution >= 4 is 41.1 Å². The van der Waals surface area contributed by atoms with Gasteiger partial charge in [0.05, 0.1) is 0 Å². The van der Waals surface area contributed by atoms with Gasteiger partial charge in [0.25, 0.3) is 5.91 Å². The summed E-state index contributed by atoms with van der Waals surface area (Å²) in [6.45, 7) is 3.77. The van der Waals surface area contributed by atoms with E-state index < -0.39 is 11.9 Å². The van der Waals surface area contributed by atoms with E-state index in [1.807, 2.05) is 13.8 Å². The molecule has 0 aliphatic rings. The number of nitrogens with one attached hydrogen (secondary N) is 3. The Kier molecular flexibility index (Phi) is 5.87. The Morgan fingerprint density at radius 3 is 2.41 bits per heavy atom. The van der Waals surface area contributed by atoms with Crippen molar-refractivity contribution in [2.75, 3.05) is 18.1 Å². The molecule has 0 spiro atoms. The van der Waals surface area contributed by atoms with Gasteiger partial charge >= 0.3 is 6.03 Å². The summed E-state index contributed by atoms with van der Waals surface area (Å²) in [4.78, 5) is 34.3. The van der Waals surface area contributed by atoms with Gasteiger partial charge in [-0.25, -0.2) is 14.8 Å². The van der Waals surface area contributed by atoms with E-state index in [1.54, 1.807) is 0 Å². The highest BCUT2D eigenvalue weighted by Gasteiger charge is 2.19. The molecule has 0 saturated carbocycles. The van der Waals surface area contributed by atoms with Crippen molar-refractivity contribution < 1.29 is 9.59 Å². The van der Waals surface area contributed by atoms with Gasteiger partial charge in [-0.1, -0.05) is 11.6 Å². The van der Waals surface area contributed by atoms with Gasteiger partial charge < -0.3 is 16.8 Å². The van der Waals surface area contributed by atoms with Crippen molar-refractivity contribution in [3.8, 4) is 0 Å². The molecule has 11 heteroatoms. The number of aromatic nitrogens is 2. The number of carbonyl (C=O) groups is 2. The number of hydrogen-bond acceptors (Lipinski definition) is 7. The maximum absolute atomic E-state index is 12.1. The number of nitrogen functional groups attached to an aromatic ring is 1. The van der Waals surface area contributed by atoms with Gasteiger partial charge in [0.2, 0.25) is 5.96 Å². The summed E-state index contributed by atoms with van der Waals surface area (Å²) < 4.78 is 0. The summed E-state index contributed by atoms with van der Waals surface area (Å²) in [5.41, 5.74) is 10.4. The molecule has 1 aromatic heterocycles. The Morgan fingerprint density at radius 2 is 1.91 bits per heavy atom. The monoisotopic (exact) mass is 328 g/mol. The maximum atomic E-state index is 12.1. The minimum absolute atomic E-state index is 0.00843. The van der Waals surface area contributed by atoms with Crippen LogP contribution in [0.1, 0.15) is 24.3 Å². The Hall–Kier alpha value is -2.62. The smallest absolute Gasteiger partial charge is 0.318 e. The highest BCUT2D eigenvalue weighted by Crippen LogP contribution is 2.21. The molecule has 7 N–H and O–H groups in total. The summed E-state index contributed by atoms with van der Waals surface area (Å²) >= 11 is 5.95. The topological polar surface area (TPSA) is 160 Å². The van der Waals surface area contributed by atoms with Crippen LogP contribution in [0, 0.1) is 0 Å². The van der Waals surface area contributed by atoms with Gasteiger partial charge in [-0.2, -0.15) is 0 Å². The Morgan fingerprint density at radius 1 is 1.27 bits per heavy atom. The summed E-state index contributed by atoms with van der Waals surface area (Å²) in [7, 11) is 1.35. The molecular weight excluding hydrogens is 312 g/mol. The number of urea groups is 1. The first-order chi connectivity index (χ1) is 10.2. The number of aliphatic imine (C=N–C) groups is 1. The number of guanidine groups is 1. The fourth-order valence-corrected chi connectivity index (χ4v) is 1.57. The molecule has 0 bridgehead atoms. The summed E-state index contributed by atoms with van der Waals surface area (Å²) in [5, 5.41) is 7.34. The average Bonchev–Trinajstić information content (AvgIpc) is 2.40. The van der Waals surface area contributed by atoms with Gasteiger partial charge in [0, 0.05) is 13.1 Å². The minimum Gasteiger partial charge on any atom is -0.382 e. The van der Waals surface area contributed by atoms with E-state index in [0.29, 0.717) is 0 Å². The highest BCUT2D eigenvalue weighted by atomic mass is 35.5. The van der Waals surface area contributed by atoms with E-state index in [4.69, 9.17) is 23.1 Å². The lowest BCUT2D eigenvalue weighted by atomic mass is 10.3. The molecule has 0 aliphatic heterocycles. The van der Waals surface area contributed by atoms with Crippen molar-refractivity contribution in [1.29, 1.82) is 0 Å². The number of hydrogen-bond donors (Lipinski definition) is 5. The van der Waals surface area contributed by atoms with Crippen LogP contribution in [0.2, 0.25) is 5.15 Å². The largest absolute Gasteiger partial charge is 0.382 e. The van der Waals surface area contributed by atoms with E-state index in [2.05, 4.69) is 30.9 Å². The molecule has 3 amide bonds. The number of primary amides is 1. The maximum Gasteiger partial charge on any atom is 0.318 e. The molecule has 0 fully saturated rings. The van der Waals surface area contributed by atoms with Gasteiger partial charge in [0.15, 0.2) is 22.5 Å². The van der Waals surface area contributed by atoms with Gasteiger partial charge in [-0.05, 0) is 13.8 Å². The third kappa shape index (κ3) is 4.74. The fraction of sp³-hybridized carbons (Fsp3) is 0.364. The SMILES string of the molecule is CN=C(NC(N)=O)NC(=O)c1nc(Cl)c(NC(C)C)nc1N. The van der Waals surface area contributed by atoms with Crippen molar-refractivity contribution in [3.05, 3.63) is 10.8 Å². The third-order valence-corrected chi connectivity index (χ3v) is 2.48. The van der Waals surface area contributed by atoms with Gasteiger partial charge in [-0.3, -0.25) is 20.4 Å². The van der Waals surface area contributed by atoms with Crippen LogP contribution < -0.4 is 27.4 Å². The van der Waals surface area contributed by atoms with Crippen molar-refractivity contribution in [3.63, 3.8) is 0 Å². The summed E-state index contributed by atoms with van der Waals surface area (Å²) in [5.74, 6) is -0.749. The fourth-order valence-electron chi connectivity index (χ4n) is 1.39. The molecule has 0 aliphatic carbocycles.